The van der Waals surface area contributed by atoms with Crippen molar-refractivity contribution in [1.82, 2.24) is 0 Å². The van der Waals surface area contributed by atoms with E-state index in [0.717, 1.165) is 5.56 Å². The van der Waals surface area contributed by atoms with Crippen LogP contribution in [0.1, 0.15) is 18.9 Å². The third-order valence-corrected chi connectivity index (χ3v) is 2.17. The Kier molecular flexibility index (Phi) is 5.49. The van der Waals surface area contributed by atoms with Gasteiger partial charge in [-0.2, -0.15) is 0 Å². The van der Waals surface area contributed by atoms with Crippen LogP contribution >= 0.6 is 0 Å². The van der Waals surface area contributed by atoms with Crippen molar-refractivity contribution in [2.45, 2.75) is 26.4 Å². The normalized spacial score (nSPS) is 11.9. The van der Waals surface area contributed by atoms with Gasteiger partial charge in [0.2, 0.25) is 0 Å². The Labute approximate surface area is 101 Å². The number of benzene rings is 1. The van der Waals surface area contributed by atoms with Crippen LogP contribution in [-0.2, 0) is 9.53 Å². The van der Waals surface area contributed by atoms with Crippen molar-refractivity contribution in [3.63, 3.8) is 0 Å². The van der Waals surface area contributed by atoms with Crippen LogP contribution in [0.15, 0.2) is 24.3 Å². The summed E-state index contributed by atoms with van der Waals surface area (Å²) in [6.45, 7) is 4.12. The molecule has 1 N–H and O–H groups in total. The fraction of sp³-hybridized carbons (Fsp3) is 0.462. The number of hydrogen-bond acceptors (Lipinski definition) is 4. The van der Waals surface area contributed by atoms with Gasteiger partial charge in [-0.05, 0) is 26.0 Å². The standard InChI is InChI=1S/C13H18O4/c1-3-16-13(15)8-11(14)9-17-12-6-4-10(2)5-7-12/h4-7,11,14H,3,8-9H2,1-2H3/t11-/m1/s1. The van der Waals surface area contributed by atoms with Crippen LogP contribution in [0.25, 0.3) is 0 Å². The molecule has 0 radical (unpaired) electrons. The van der Waals surface area contributed by atoms with Gasteiger partial charge in [0.1, 0.15) is 12.4 Å². The Morgan fingerprint density at radius 1 is 1.35 bits per heavy atom. The van der Waals surface area contributed by atoms with Crippen LogP contribution in [0, 0.1) is 6.92 Å². The van der Waals surface area contributed by atoms with Gasteiger partial charge in [-0.15, -0.1) is 0 Å². The summed E-state index contributed by atoms with van der Waals surface area (Å²) in [4.78, 5) is 11.1. The lowest BCUT2D eigenvalue weighted by atomic mass is 10.2. The molecule has 0 spiro atoms. The maximum Gasteiger partial charge on any atom is 0.308 e. The highest BCUT2D eigenvalue weighted by molar-refractivity contribution is 5.69. The Morgan fingerprint density at radius 2 is 2.00 bits per heavy atom. The first-order valence-corrected chi connectivity index (χ1v) is 5.65. The Hall–Kier alpha value is -1.55. The molecule has 0 fully saturated rings. The molecular formula is C13H18O4. The molecule has 0 saturated heterocycles. The molecule has 0 aromatic heterocycles. The highest BCUT2D eigenvalue weighted by atomic mass is 16.5. The Bertz CT molecular complexity index is 345. The fourth-order valence-electron chi connectivity index (χ4n) is 1.30. The molecule has 0 unspecified atom stereocenters. The van der Waals surface area contributed by atoms with Gasteiger partial charge >= 0.3 is 5.97 Å². The van der Waals surface area contributed by atoms with E-state index in [1.807, 2.05) is 31.2 Å². The van der Waals surface area contributed by atoms with Gasteiger partial charge in [-0.3, -0.25) is 4.79 Å². The van der Waals surface area contributed by atoms with Crippen LogP contribution in [0.3, 0.4) is 0 Å². The van der Waals surface area contributed by atoms with Crippen molar-refractivity contribution in [2.75, 3.05) is 13.2 Å². The summed E-state index contributed by atoms with van der Waals surface area (Å²) in [5, 5.41) is 9.54. The number of aliphatic hydroxyl groups excluding tert-OH is 1. The minimum absolute atomic E-state index is 0.0420. The zero-order valence-corrected chi connectivity index (χ0v) is 10.2. The van der Waals surface area contributed by atoms with Crippen LogP contribution in [0.4, 0.5) is 0 Å². The van der Waals surface area contributed by atoms with Gasteiger partial charge in [0.25, 0.3) is 0 Å². The summed E-state index contributed by atoms with van der Waals surface area (Å²) < 4.78 is 10.1. The van der Waals surface area contributed by atoms with Crippen molar-refractivity contribution < 1.29 is 19.4 Å². The van der Waals surface area contributed by atoms with Crippen molar-refractivity contribution in [1.29, 1.82) is 0 Å². The summed E-state index contributed by atoms with van der Waals surface area (Å²) in [7, 11) is 0. The number of rotatable bonds is 6. The summed E-state index contributed by atoms with van der Waals surface area (Å²) in [6, 6.07) is 7.50. The molecule has 94 valence electrons. The maximum atomic E-state index is 11.1. The number of ether oxygens (including phenoxy) is 2. The van der Waals surface area contributed by atoms with E-state index in [2.05, 4.69) is 0 Å². The van der Waals surface area contributed by atoms with Gasteiger partial charge in [0, 0.05) is 0 Å². The van der Waals surface area contributed by atoms with E-state index in [1.165, 1.54) is 0 Å². The molecule has 1 aromatic rings. The summed E-state index contributed by atoms with van der Waals surface area (Å²) in [5.41, 5.74) is 1.14. The fourth-order valence-corrected chi connectivity index (χ4v) is 1.30. The highest BCUT2D eigenvalue weighted by Crippen LogP contribution is 2.12. The molecule has 0 aliphatic rings. The average Bonchev–Trinajstić information content (AvgIpc) is 2.28. The second kappa shape index (κ2) is 6.91. The van der Waals surface area contributed by atoms with Crippen LogP contribution in [-0.4, -0.2) is 30.4 Å². The quantitative estimate of drug-likeness (QED) is 0.766. The number of carbonyl (C=O) groups is 1. The SMILES string of the molecule is CCOC(=O)C[C@@H](O)COc1ccc(C)cc1. The molecule has 0 aliphatic carbocycles. The van der Waals surface area contributed by atoms with Crippen molar-refractivity contribution in [3.05, 3.63) is 29.8 Å². The molecule has 1 atom stereocenters. The number of esters is 1. The lowest BCUT2D eigenvalue weighted by Gasteiger charge is -2.11. The Morgan fingerprint density at radius 3 is 2.59 bits per heavy atom. The molecule has 0 heterocycles. The third kappa shape index (κ3) is 5.36. The third-order valence-electron chi connectivity index (χ3n) is 2.17. The first-order chi connectivity index (χ1) is 8.11. The molecule has 1 rings (SSSR count). The van der Waals surface area contributed by atoms with Crippen LogP contribution in [0.5, 0.6) is 5.75 Å². The summed E-state index contributed by atoms with van der Waals surface area (Å²) in [6.07, 6.45) is -0.880. The van der Waals surface area contributed by atoms with Crippen molar-refractivity contribution in [2.24, 2.45) is 0 Å². The van der Waals surface area contributed by atoms with E-state index < -0.39 is 12.1 Å². The minimum Gasteiger partial charge on any atom is -0.491 e. The zero-order valence-electron chi connectivity index (χ0n) is 10.2. The predicted molar refractivity (Wildman–Crippen MR) is 63.9 cm³/mol. The zero-order chi connectivity index (χ0) is 12.7. The second-order valence-electron chi connectivity index (χ2n) is 3.79. The van der Waals surface area contributed by atoms with Gasteiger partial charge in [-0.1, -0.05) is 17.7 Å². The first-order valence-electron chi connectivity index (χ1n) is 5.65. The molecule has 0 saturated carbocycles. The largest absolute Gasteiger partial charge is 0.491 e. The monoisotopic (exact) mass is 238 g/mol. The lowest BCUT2D eigenvalue weighted by molar-refractivity contribution is -0.145. The van der Waals surface area contributed by atoms with Gasteiger partial charge in [-0.25, -0.2) is 0 Å². The molecule has 4 heteroatoms. The lowest BCUT2D eigenvalue weighted by Crippen LogP contribution is -2.22. The number of carbonyl (C=O) groups excluding carboxylic acids is 1. The molecule has 0 amide bonds. The number of aliphatic hydroxyl groups is 1. The predicted octanol–water partition coefficient (Wildman–Crippen LogP) is 1.69. The number of hydrogen-bond donors (Lipinski definition) is 1. The highest BCUT2D eigenvalue weighted by Gasteiger charge is 2.12. The van der Waals surface area contributed by atoms with E-state index in [-0.39, 0.29) is 13.0 Å². The topological polar surface area (TPSA) is 55.8 Å². The van der Waals surface area contributed by atoms with Gasteiger partial charge in [0.05, 0.1) is 19.1 Å². The molecule has 17 heavy (non-hydrogen) atoms. The van der Waals surface area contributed by atoms with Crippen LogP contribution < -0.4 is 4.74 Å². The molecule has 0 bridgehead atoms. The Balaban J connectivity index is 2.30. The smallest absolute Gasteiger partial charge is 0.308 e. The summed E-state index contributed by atoms with van der Waals surface area (Å²) in [5.74, 6) is 0.269. The second-order valence-corrected chi connectivity index (χ2v) is 3.79. The van der Waals surface area contributed by atoms with E-state index >= 15 is 0 Å². The van der Waals surface area contributed by atoms with Crippen molar-refractivity contribution >= 4 is 5.97 Å². The van der Waals surface area contributed by atoms with Gasteiger partial charge < -0.3 is 14.6 Å². The van der Waals surface area contributed by atoms with E-state index in [4.69, 9.17) is 9.47 Å². The number of aryl methyl sites for hydroxylation is 1. The van der Waals surface area contributed by atoms with E-state index in [0.29, 0.717) is 12.4 Å². The summed E-state index contributed by atoms with van der Waals surface area (Å²) >= 11 is 0. The molecule has 4 nitrogen and oxygen atoms in total. The van der Waals surface area contributed by atoms with Crippen molar-refractivity contribution in [3.8, 4) is 5.75 Å². The van der Waals surface area contributed by atoms with Gasteiger partial charge in [0.15, 0.2) is 0 Å². The molecule has 1 aromatic carbocycles. The molecular weight excluding hydrogens is 220 g/mol. The first kappa shape index (κ1) is 13.5. The van der Waals surface area contributed by atoms with Crippen LogP contribution in [0.2, 0.25) is 0 Å². The van der Waals surface area contributed by atoms with E-state index in [9.17, 15) is 9.90 Å². The maximum absolute atomic E-state index is 11.1. The minimum atomic E-state index is -0.838. The molecule has 0 aliphatic heterocycles. The average molecular weight is 238 g/mol. The van der Waals surface area contributed by atoms with E-state index in [1.54, 1.807) is 6.92 Å².